The summed E-state index contributed by atoms with van der Waals surface area (Å²) in [4.78, 5) is 13.7. The second-order valence-electron chi connectivity index (χ2n) is 8.61. The topological polar surface area (TPSA) is 71.0 Å². The Balaban J connectivity index is 1.11. The zero-order valence-corrected chi connectivity index (χ0v) is 19.1. The molecule has 1 unspecified atom stereocenters. The van der Waals surface area contributed by atoms with Crippen LogP contribution in [0.1, 0.15) is 18.1 Å². The number of fused-ring (bicyclic) bond motifs is 1. The Kier molecular flexibility index (Phi) is 7.68. The van der Waals surface area contributed by atoms with Gasteiger partial charge in [0.05, 0.1) is 0 Å². The largest absolute Gasteiger partial charge is 0.492 e. The number of likely N-dealkylation sites (tertiary alicyclic amines) is 1. The minimum Gasteiger partial charge on any atom is -0.492 e. The lowest BCUT2D eigenvalue weighted by atomic mass is 10.1. The molecule has 2 N–H and O–H groups in total. The van der Waals surface area contributed by atoms with Crippen LogP contribution in [0.4, 0.5) is 0 Å². The normalized spacial score (nSPS) is 23.0. The number of rotatable bonds is 12. The molecule has 0 radical (unpaired) electrons. The molecule has 4 rings (SSSR count). The highest BCUT2D eigenvalue weighted by Gasteiger charge is 2.55. The third kappa shape index (κ3) is 6.01. The number of aliphatic carboxylic acids is 1. The van der Waals surface area contributed by atoms with Crippen molar-refractivity contribution in [3.63, 3.8) is 0 Å². The van der Waals surface area contributed by atoms with E-state index in [0.29, 0.717) is 25.7 Å². The van der Waals surface area contributed by atoms with Crippen LogP contribution in [0.5, 0.6) is 5.75 Å². The Morgan fingerprint density at radius 3 is 2.41 bits per heavy atom. The van der Waals surface area contributed by atoms with E-state index in [2.05, 4.69) is 22.3 Å². The highest BCUT2D eigenvalue weighted by molar-refractivity contribution is 6.30. The molecule has 1 saturated heterocycles. The first-order chi connectivity index (χ1) is 15.5. The molecular formula is C25H31ClN2O4. The van der Waals surface area contributed by atoms with Gasteiger partial charge in [-0.15, -0.1) is 0 Å². The van der Waals surface area contributed by atoms with E-state index < -0.39 is 12.1 Å². The van der Waals surface area contributed by atoms with Crippen molar-refractivity contribution >= 4 is 17.6 Å². The maximum Gasteiger partial charge on any atom is 0.333 e. The van der Waals surface area contributed by atoms with Gasteiger partial charge >= 0.3 is 5.97 Å². The number of carboxylic acid groups (broad SMARTS) is 1. The van der Waals surface area contributed by atoms with Gasteiger partial charge in [0.1, 0.15) is 12.4 Å². The molecule has 4 atom stereocenters. The van der Waals surface area contributed by atoms with Crippen molar-refractivity contribution in [2.45, 2.75) is 32.0 Å². The average Bonchev–Trinajstić information content (AvgIpc) is 3.23. The van der Waals surface area contributed by atoms with Gasteiger partial charge in [-0.2, -0.15) is 0 Å². The molecule has 2 fully saturated rings. The van der Waals surface area contributed by atoms with Crippen molar-refractivity contribution in [1.29, 1.82) is 0 Å². The lowest BCUT2D eigenvalue weighted by Gasteiger charge is -2.20. The molecule has 2 aliphatic rings. The molecule has 0 amide bonds. The molecule has 1 saturated carbocycles. The van der Waals surface area contributed by atoms with Gasteiger partial charge < -0.3 is 19.9 Å². The smallest absolute Gasteiger partial charge is 0.333 e. The lowest BCUT2D eigenvalue weighted by Crippen LogP contribution is -2.33. The lowest BCUT2D eigenvalue weighted by molar-refractivity contribution is -0.149. The summed E-state index contributed by atoms with van der Waals surface area (Å²) in [5, 5.41) is 13.6. The Bertz CT molecular complexity index is 878. The molecule has 2 aromatic carbocycles. The van der Waals surface area contributed by atoms with Crippen molar-refractivity contribution in [3.8, 4) is 5.75 Å². The molecule has 0 aromatic heterocycles. The van der Waals surface area contributed by atoms with Gasteiger partial charge in [0.2, 0.25) is 0 Å². The second-order valence-corrected chi connectivity index (χ2v) is 9.04. The molecule has 32 heavy (non-hydrogen) atoms. The number of nitrogens with one attached hydrogen (secondary N) is 1. The fourth-order valence-electron chi connectivity index (χ4n) is 4.64. The molecule has 7 heteroatoms. The van der Waals surface area contributed by atoms with E-state index in [9.17, 15) is 9.90 Å². The number of benzene rings is 2. The van der Waals surface area contributed by atoms with E-state index in [4.69, 9.17) is 21.1 Å². The number of carboxylic acids is 1. The molecule has 6 nitrogen and oxygen atoms in total. The van der Waals surface area contributed by atoms with E-state index in [0.717, 1.165) is 54.4 Å². The standard InChI is InChI=1S/C25H31ClN2O4/c1-2-31-23(25(29)30)13-17-5-9-20(10-6-17)32-12-11-27-24-21-15-28(16-22(21)24)14-18-3-7-19(26)8-4-18/h3-10,21-24,27H,2,11-16H2,1H3,(H,29,30)/t21-,22?,23+,24+/m0/s1. The van der Waals surface area contributed by atoms with Gasteiger partial charge in [-0.1, -0.05) is 35.9 Å². The minimum absolute atomic E-state index is 0.352. The fraction of sp³-hybridized carbons (Fsp3) is 0.480. The van der Waals surface area contributed by atoms with Crippen LogP contribution in [0.3, 0.4) is 0 Å². The number of nitrogens with zero attached hydrogens (tertiary/aromatic N) is 1. The molecular weight excluding hydrogens is 428 g/mol. The average molecular weight is 459 g/mol. The molecule has 172 valence electrons. The van der Waals surface area contributed by atoms with Gasteiger partial charge in [0.15, 0.2) is 6.10 Å². The van der Waals surface area contributed by atoms with Crippen molar-refractivity contribution < 1.29 is 19.4 Å². The summed E-state index contributed by atoms with van der Waals surface area (Å²) in [5.74, 6) is 1.35. The molecule has 1 aliphatic carbocycles. The van der Waals surface area contributed by atoms with Crippen LogP contribution in [0.25, 0.3) is 0 Å². The maximum atomic E-state index is 11.2. The first-order valence-electron chi connectivity index (χ1n) is 11.3. The summed E-state index contributed by atoms with van der Waals surface area (Å²) in [6, 6.07) is 16.3. The maximum absolute atomic E-state index is 11.2. The van der Waals surface area contributed by atoms with Crippen LogP contribution in [0.15, 0.2) is 48.5 Å². The van der Waals surface area contributed by atoms with Crippen LogP contribution in [0, 0.1) is 11.8 Å². The highest BCUT2D eigenvalue weighted by Crippen LogP contribution is 2.45. The Morgan fingerprint density at radius 2 is 1.78 bits per heavy atom. The Morgan fingerprint density at radius 1 is 1.12 bits per heavy atom. The van der Waals surface area contributed by atoms with Crippen molar-refractivity contribution in [1.82, 2.24) is 10.2 Å². The van der Waals surface area contributed by atoms with E-state index >= 15 is 0 Å². The molecule has 0 bridgehead atoms. The number of piperidine rings is 1. The van der Waals surface area contributed by atoms with Crippen molar-refractivity contribution in [2.75, 3.05) is 32.8 Å². The predicted molar refractivity (Wildman–Crippen MR) is 124 cm³/mol. The molecule has 2 aromatic rings. The van der Waals surface area contributed by atoms with Crippen molar-refractivity contribution in [2.24, 2.45) is 11.8 Å². The summed E-state index contributed by atoms with van der Waals surface area (Å²) in [6.07, 6.45) is -0.458. The van der Waals surface area contributed by atoms with Crippen LogP contribution < -0.4 is 10.1 Å². The molecule has 1 aliphatic heterocycles. The zero-order valence-electron chi connectivity index (χ0n) is 18.4. The number of hydrogen-bond acceptors (Lipinski definition) is 5. The number of ether oxygens (including phenoxy) is 2. The van der Waals surface area contributed by atoms with Crippen LogP contribution in [-0.4, -0.2) is 61.0 Å². The highest BCUT2D eigenvalue weighted by atomic mass is 35.5. The Hall–Kier alpha value is -2.12. The number of hydrogen-bond donors (Lipinski definition) is 2. The molecule has 1 heterocycles. The third-order valence-corrected chi connectivity index (χ3v) is 6.58. The summed E-state index contributed by atoms with van der Waals surface area (Å²) in [6.45, 7) is 6.90. The van der Waals surface area contributed by atoms with E-state index in [-0.39, 0.29) is 0 Å². The van der Waals surface area contributed by atoms with E-state index in [1.54, 1.807) is 6.92 Å². The van der Waals surface area contributed by atoms with Gasteiger partial charge in [-0.25, -0.2) is 4.79 Å². The van der Waals surface area contributed by atoms with Crippen molar-refractivity contribution in [3.05, 3.63) is 64.7 Å². The monoisotopic (exact) mass is 458 g/mol. The zero-order chi connectivity index (χ0) is 22.5. The SMILES string of the molecule is CCO[C@H](Cc1ccc(OCCN[C@H]2C3CN(Cc4ccc(Cl)cc4)C[C@@H]32)cc1)C(=O)O. The third-order valence-electron chi connectivity index (χ3n) is 6.33. The summed E-state index contributed by atoms with van der Waals surface area (Å²) in [7, 11) is 0. The minimum atomic E-state index is -0.934. The first kappa shape index (κ1) is 23.1. The first-order valence-corrected chi connectivity index (χ1v) is 11.7. The summed E-state index contributed by atoms with van der Waals surface area (Å²) >= 11 is 5.97. The summed E-state index contributed by atoms with van der Waals surface area (Å²) in [5.41, 5.74) is 2.24. The molecule has 0 spiro atoms. The second kappa shape index (κ2) is 10.7. The predicted octanol–water partition coefficient (Wildman–Crippen LogP) is 3.47. The fourth-order valence-corrected chi connectivity index (χ4v) is 4.77. The number of halogens is 1. The van der Waals surface area contributed by atoms with Gasteiger partial charge in [0.25, 0.3) is 0 Å². The Labute approximate surface area is 194 Å². The van der Waals surface area contributed by atoms with Crippen LogP contribution >= 0.6 is 11.6 Å². The van der Waals surface area contributed by atoms with Gasteiger partial charge in [-0.05, 0) is 54.2 Å². The van der Waals surface area contributed by atoms with Gasteiger partial charge in [-0.3, -0.25) is 4.90 Å². The van der Waals surface area contributed by atoms with E-state index in [1.165, 1.54) is 5.56 Å². The quantitative estimate of drug-likeness (QED) is 0.474. The van der Waals surface area contributed by atoms with Gasteiger partial charge in [0, 0.05) is 50.3 Å². The van der Waals surface area contributed by atoms with E-state index in [1.807, 2.05) is 36.4 Å². The van der Waals surface area contributed by atoms with Crippen LogP contribution in [0.2, 0.25) is 5.02 Å². The number of carbonyl (C=O) groups is 1. The van der Waals surface area contributed by atoms with Crippen LogP contribution in [-0.2, 0) is 22.5 Å². The summed E-state index contributed by atoms with van der Waals surface area (Å²) < 4.78 is 11.1.